The molecule has 8 heteroatoms. The zero-order valence-corrected chi connectivity index (χ0v) is 24.7. The minimum absolute atomic E-state index is 0.0614. The van der Waals surface area contributed by atoms with Crippen molar-refractivity contribution >= 4 is 11.9 Å². The van der Waals surface area contributed by atoms with Crippen LogP contribution in [0.25, 0.3) is 11.1 Å². The van der Waals surface area contributed by atoms with Crippen LogP contribution in [-0.2, 0) is 37.0 Å². The Balaban J connectivity index is 1.33. The maximum Gasteiger partial charge on any atom is 0.416 e. The van der Waals surface area contributed by atoms with E-state index >= 15 is 0 Å². The molecule has 1 amide bonds. The van der Waals surface area contributed by atoms with Gasteiger partial charge in [0.25, 0.3) is 5.91 Å². The first-order valence-electron chi connectivity index (χ1n) is 14.8. The van der Waals surface area contributed by atoms with E-state index in [9.17, 15) is 27.9 Å². The van der Waals surface area contributed by atoms with Crippen molar-refractivity contribution in [2.45, 2.75) is 58.4 Å². The summed E-state index contributed by atoms with van der Waals surface area (Å²) < 4.78 is 39.4. The van der Waals surface area contributed by atoms with Crippen molar-refractivity contribution in [1.29, 1.82) is 0 Å². The lowest BCUT2D eigenvalue weighted by atomic mass is 10.0. The molecule has 0 aliphatic carbocycles. The molecule has 0 heterocycles. The zero-order valence-electron chi connectivity index (χ0n) is 24.7. The Kier molecular flexibility index (Phi) is 11.3. The topological polar surface area (TPSA) is 69.6 Å². The normalized spacial score (nSPS) is 11.5. The second kappa shape index (κ2) is 15.3. The summed E-state index contributed by atoms with van der Waals surface area (Å²) in [5.41, 5.74) is 5.20. The molecule has 5 nitrogen and oxygen atoms in total. The fourth-order valence-electron chi connectivity index (χ4n) is 5.03. The van der Waals surface area contributed by atoms with Crippen molar-refractivity contribution in [3.05, 3.63) is 130 Å². The van der Waals surface area contributed by atoms with Crippen LogP contribution in [0.1, 0.15) is 64.4 Å². The number of nitrogens with zero attached hydrogens (tertiary/aromatic N) is 1. The number of rotatable bonds is 14. The third-order valence-corrected chi connectivity index (χ3v) is 7.40. The van der Waals surface area contributed by atoms with Crippen LogP contribution in [0, 0.1) is 0 Å². The Hall–Kier alpha value is -4.43. The van der Waals surface area contributed by atoms with Crippen molar-refractivity contribution in [1.82, 2.24) is 10.2 Å². The number of carboxylic acids is 1. The number of nitrogens with one attached hydrogen (secondary N) is 1. The van der Waals surface area contributed by atoms with E-state index < -0.39 is 17.7 Å². The van der Waals surface area contributed by atoms with Crippen molar-refractivity contribution in [2.75, 3.05) is 6.54 Å². The van der Waals surface area contributed by atoms with Crippen LogP contribution in [0.5, 0.6) is 0 Å². The van der Waals surface area contributed by atoms with Crippen LogP contribution in [0.15, 0.2) is 97.1 Å². The summed E-state index contributed by atoms with van der Waals surface area (Å²) in [5, 5.41) is 12.3. The van der Waals surface area contributed by atoms with Crippen LogP contribution in [0.4, 0.5) is 13.2 Å². The van der Waals surface area contributed by atoms with Crippen LogP contribution < -0.4 is 5.32 Å². The van der Waals surface area contributed by atoms with Gasteiger partial charge in [0.05, 0.1) is 12.1 Å². The summed E-state index contributed by atoms with van der Waals surface area (Å²) in [6, 6.07) is 28.1. The number of aryl methyl sites for hydroxylation is 1. The number of halogens is 3. The highest BCUT2D eigenvalue weighted by Crippen LogP contribution is 2.30. The van der Waals surface area contributed by atoms with Gasteiger partial charge in [-0.1, -0.05) is 98.6 Å². The number of amides is 1. The molecule has 0 unspecified atom stereocenters. The highest BCUT2D eigenvalue weighted by atomic mass is 19.4. The SMILES string of the molecule is CCCCCc1ccc(CNC(=O)c2ccc(-c3ccc(CN(CC(=O)O)Cc4cccc(C(F)(F)F)c4)cc3)cc2)cc1. The van der Waals surface area contributed by atoms with E-state index in [1.54, 1.807) is 23.1 Å². The van der Waals surface area contributed by atoms with E-state index in [2.05, 4.69) is 36.5 Å². The van der Waals surface area contributed by atoms with Gasteiger partial charge in [0.15, 0.2) is 0 Å². The molecule has 2 N–H and O–H groups in total. The van der Waals surface area contributed by atoms with Crippen molar-refractivity contribution in [3.8, 4) is 11.1 Å². The zero-order chi connectivity index (χ0) is 31.5. The van der Waals surface area contributed by atoms with Gasteiger partial charge in [-0.05, 0) is 64.4 Å². The van der Waals surface area contributed by atoms with Crippen molar-refractivity contribution < 1.29 is 27.9 Å². The molecule has 230 valence electrons. The summed E-state index contributed by atoms with van der Waals surface area (Å²) in [7, 11) is 0. The highest BCUT2D eigenvalue weighted by molar-refractivity contribution is 5.94. The quantitative estimate of drug-likeness (QED) is 0.143. The fourth-order valence-corrected chi connectivity index (χ4v) is 5.03. The lowest BCUT2D eigenvalue weighted by molar-refractivity contribution is -0.139. The molecule has 44 heavy (non-hydrogen) atoms. The van der Waals surface area contributed by atoms with Gasteiger partial charge in [0.2, 0.25) is 0 Å². The molecule has 0 saturated heterocycles. The number of unbranched alkanes of at least 4 members (excludes halogenated alkanes) is 2. The van der Waals surface area contributed by atoms with Crippen LogP contribution in [0.2, 0.25) is 0 Å². The smallest absolute Gasteiger partial charge is 0.416 e. The van der Waals surface area contributed by atoms with Gasteiger partial charge in [-0.2, -0.15) is 13.2 Å². The van der Waals surface area contributed by atoms with Gasteiger partial charge in [-0.3, -0.25) is 14.5 Å². The molecule has 4 rings (SSSR count). The summed E-state index contributed by atoms with van der Waals surface area (Å²) in [6.45, 7) is 2.64. The molecule has 0 bridgehead atoms. The Labute approximate surface area is 256 Å². The van der Waals surface area contributed by atoms with Crippen molar-refractivity contribution in [3.63, 3.8) is 0 Å². The first-order chi connectivity index (χ1) is 21.1. The second-order valence-electron chi connectivity index (χ2n) is 11.0. The van der Waals surface area contributed by atoms with Gasteiger partial charge in [-0.25, -0.2) is 0 Å². The fraction of sp³-hybridized carbons (Fsp3) is 0.278. The molecular formula is C36H37F3N2O3. The molecule has 0 aromatic heterocycles. The Morgan fingerprint density at radius 1 is 0.750 bits per heavy atom. The number of carbonyl (C=O) groups is 2. The maximum absolute atomic E-state index is 13.1. The predicted molar refractivity (Wildman–Crippen MR) is 166 cm³/mol. The average Bonchev–Trinajstić information content (AvgIpc) is 3.00. The van der Waals surface area contributed by atoms with E-state index in [1.807, 2.05) is 36.4 Å². The number of aliphatic carboxylic acids is 1. The molecule has 0 fully saturated rings. The lowest BCUT2D eigenvalue weighted by Crippen LogP contribution is -2.29. The van der Waals surface area contributed by atoms with E-state index in [-0.39, 0.29) is 25.5 Å². The van der Waals surface area contributed by atoms with Crippen LogP contribution in [0.3, 0.4) is 0 Å². The first-order valence-corrected chi connectivity index (χ1v) is 14.8. The molecule has 0 saturated carbocycles. The van der Waals surface area contributed by atoms with Crippen LogP contribution in [-0.4, -0.2) is 28.4 Å². The number of hydrogen-bond donors (Lipinski definition) is 2. The van der Waals surface area contributed by atoms with E-state index in [1.165, 1.54) is 30.9 Å². The van der Waals surface area contributed by atoms with Crippen LogP contribution >= 0.6 is 0 Å². The standard InChI is InChI=1S/C36H37F3N2O3/c1-2-3-4-6-26-9-11-27(12-10-26)22-40-35(44)32-19-17-31(18-20-32)30-15-13-28(14-16-30)23-41(25-34(42)43)24-29-7-5-8-33(21-29)36(37,38)39/h5,7-21H,2-4,6,22-25H2,1H3,(H,40,44)(H,42,43). The molecule has 4 aromatic carbocycles. The minimum atomic E-state index is -4.47. The molecule has 0 aliphatic rings. The third kappa shape index (κ3) is 9.81. The van der Waals surface area contributed by atoms with Crippen molar-refractivity contribution in [2.24, 2.45) is 0 Å². The van der Waals surface area contributed by atoms with E-state index in [4.69, 9.17) is 0 Å². The highest BCUT2D eigenvalue weighted by Gasteiger charge is 2.30. The first kappa shape index (κ1) is 32.5. The van der Waals surface area contributed by atoms with Gasteiger partial charge >= 0.3 is 12.1 Å². The minimum Gasteiger partial charge on any atom is -0.480 e. The third-order valence-electron chi connectivity index (χ3n) is 7.40. The average molecular weight is 603 g/mol. The molecule has 0 radical (unpaired) electrons. The number of hydrogen-bond acceptors (Lipinski definition) is 3. The summed E-state index contributed by atoms with van der Waals surface area (Å²) in [6.07, 6.45) is 0.215. The lowest BCUT2D eigenvalue weighted by Gasteiger charge is -2.21. The Morgan fingerprint density at radius 3 is 1.95 bits per heavy atom. The molecule has 0 aliphatic heterocycles. The molecule has 0 atom stereocenters. The Morgan fingerprint density at radius 2 is 1.34 bits per heavy atom. The molecule has 4 aromatic rings. The largest absolute Gasteiger partial charge is 0.480 e. The van der Waals surface area contributed by atoms with Gasteiger partial charge in [0.1, 0.15) is 0 Å². The summed E-state index contributed by atoms with van der Waals surface area (Å²) in [4.78, 5) is 25.7. The van der Waals surface area contributed by atoms with E-state index in [0.717, 1.165) is 40.8 Å². The molecule has 0 spiro atoms. The predicted octanol–water partition coefficient (Wildman–Crippen LogP) is 8.12. The number of alkyl halides is 3. The maximum atomic E-state index is 13.1. The number of carboxylic acid groups (broad SMARTS) is 1. The number of benzene rings is 4. The summed E-state index contributed by atoms with van der Waals surface area (Å²) in [5.74, 6) is -1.22. The Bertz CT molecular complexity index is 1520. The van der Waals surface area contributed by atoms with E-state index in [0.29, 0.717) is 17.7 Å². The number of carbonyl (C=O) groups excluding carboxylic acids is 1. The van der Waals surface area contributed by atoms with Gasteiger partial charge in [-0.15, -0.1) is 0 Å². The summed E-state index contributed by atoms with van der Waals surface area (Å²) >= 11 is 0. The molecular weight excluding hydrogens is 565 g/mol. The van der Waals surface area contributed by atoms with Gasteiger partial charge < -0.3 is 10.4 Å². The monoisotopic (exact) mass is 602 g/mol. The second-order valence-corrected chi connectivity index (χ2v) is 11.0. The van der Waals surface area contributed by atoms with Gasteiger partial charge in [0, 0.05) is 25.2 Å².